The van der Waals surface area contributed by atoms with Crippen LogP contribution in [-0.2, 0) is 12.8 Å². The van der Waals surface area contributed by atoms with Crippen molar-refractivity contribution in [3.05, 3.63) is 59.9 Å². The van der Waals surface area contributed by atoms with Gasteiger partial charge in [-0.25, -0.2) is 0 Å². The molecule has 1 atom stereocenters. The van der Waals surface area contributed by atoms with Crippen molar-refractivity contribution in [2.45, 2.75) is 32.7 Å². The van der Waals surface area contributed by atoms with E-state index in [4.69, 9.17) is 4.74 Å². The van der Waals surface area contributed by atoms with Crippen molar-refractivity contribution in [1.82, 2.24) is 10.3 Å². The molecule has 112 valence electrons. The molecule has 0 aliphatic rings. The predicted octanol–water partition coefficient (Wildman–Crippen LogP) is 3.24. The number of aromatic nitrogens is 1. The lowest BCUT2D eigenvalue weighted by atomic mass is 10.1. The van der Waals surface area contributed by atoms with Crippen LogP contribution in [0.4, 0.5) is 0 Å². The second-order valence-electron chi connectivity index (χ2n) is 5.23. The smallest absolute Gasteiger partial charge is 0.119 e. The molecule has 0 aliphatic carbocycles. The second kappa shape index (κ2) is 8.42. The average molecular weight is 284 g/mol. The van der Waals surface area contributed by atoms with Crippen LogP contribution in [0.2, 0.25) is 0 Å². The first-order valence-electron chi connectivity index (χ1n) is 7.63. The third kappa shape index (κ3) is 5.56. The quantitative estimate of drug-likeness (QED) is 0.808. The van der Waals surface area contributed by atoms with Gasteiger partial charge in [-0.15, -0.1) is 0 Å². The maximum absolute atomic E-state index is 5.76. The summed E-state index contributed by atoms with van der Waals surface area (Å²) in [5.74, 6) is 0.922. The molecular formula is C18H24N2O. The van der Waals surface area contributed by atoms with Crippen LogP contribution >= 0.6 is 0 Å². The van der Waals surface area contributed by atoms with Gasteiger partial charge in [-0.1, -0.05) is 25.1 Å². The minimum atomic E-state index is 0.505. The molecule has 0 bridgehead atoms. The number of nitrogens with one attached hydrogen (secondary N) is 1. The number of likely N-dealkylation sites (N-methyl/N-ethyl adjacent to an activating group) is 1. The fraction of sp³-hybridized carbons (Fsp3) is 0.389. The standard InChI is InChI=1S/C18H24N2O/c1-3-19-15(2)14-16-7-9-18(10-8-16)21-13-11-17-6-4-5-12-20-17/h4-10,12,15,19H,3,11,13-14H2,1-2H3. The van der Waals surface area contributed by atoms with Gasteiger partial charge >= 0.3 is 0 Å². The van der Waals surface area contributed by atoms with Crippen LogP contribution in [0.5, 0.6) is 5.75 Å². The number of hydrogen-bond acceptors (Lipinski definition) is 3. The molecule has 2 aromatic rings. The van der Waals surface area contributed by atoms with E-state index in [-0.39, 0.29) is 0 Å². The van der Waals surface area contributed by atoms with Gasteiger partial charge in [-0.05, 0) is 49.7 Å². The van der Waals surface area contributed by atoms with E-state index in [1.807, 2.05) is 36.5 Å². The average Bonchev–Trinajstić information content (AvgIpc) is 2.50. The molecular weight excluding hydrogens is 260 g/mol. The molecule has 0 fully saturated rings. The molecule has 21 heavy (non-hydrogen) atoms. The van der Waals surface area contributed by atoms with Gasteiger partial charge in [0.05, 0.1) is 6.61 Å². The first-order valence-corrected chi connectivity index (χ1v) is 7.63. The number of nitrogens with zero attached hydrogens (tertiary/aromatic N) is 1. The summed E-state index contributed by atoms with van der Waals surface area (Å²) in [6.45, 7) is 6.01. The normalized spacial score (nSPS) is 12.1. The topological polar surface area (TPSA) is 34.1 Å². The highest BCUT2D eigenvalue weighted by Crippen LogP contribution is 2.14. The molecule has 3 nitrogen and oxygen atoms in total. The summed E-state index contributed by atoms with van der Waals surface area (Å²) in [4.78, 5) is 4.29. The Hall–Kier alpha value is -1.87. The fourth-order valence-corrected chi connectivity index (χ4v) is 2.32. The van der Waals surface area contributed by atoms with Crippen LogP contribution in [0.3, 0.4) is 0 Å². The fourth-order valence-electron chi connectivity index (χ4n) is 2.32. The van der Waals surface area contributed by atoms with Crippen molar-refractivity contribution in [1.29, 1.82) is 0 Å². The van der Waals surface area contributed by atoms with Gasteiger partial charge in [0.15, 0.2) is 0 Å². The molecule has 0 saturated carbocycles. The Morgan fingerprint density at radius 1 is 1.14 bits per heavy atom. The van der Waals surface area contributed by atoms with Gasteiger partial charge in [0.1, 0.15) is 5.75 Å². The van der Waals surface area contributed by atoms with Crippen molar-refractivity contribution >= 4 is 0 Å². The molecule has 0 spiro atoms. The van der Waals surface area contributed by atoms with E-state index in [1.165, 1.54) is 5.56 Å². The lowest BCUT2D eigenvalue weighted by Gasteiger charge is -2.12. The lowest BCUT2D eigenvalue weighted by Crippen LogP contribution is -2.27. The van der Waals surface area contributed by atoms with E-state index >= 15 is 0 Å². The largest absolute Gasteiger partial charge is 0.493 e. The van der Waals surface area contributed by atoms with Crippen molar-refractivity contribution in [3.8, 4) is 5.75 Å². The zero-order valence-electron chi connectivity index (χ0n) is 12.9. The van der Waals surface area contributed by atoms with Crippen LogP contribution in [0.1, 0.15) is 25.1 Å². The highest BCUT2D eigenvalue weighted by Gasteiger charge is 2.02. The Labute approximate surface area is 127 Å². The van der Waals surface area contributed by atoms with Crippen LogP contribution in [0, 0.1) is 0 Å². The summed E-state index contributed by atoms with van der Waals surface area (Å²) >= 11 is 0. The molecule has 1 aromatic heterocycles. The summed E-state index contributed by atoms with van der Waals surface area (Å²) in [6, 6.07) is 14.8. The molecule has 3 heteroatoms. The number of benzene rings is 1. The molecule has 1 heterocycles. The van der Waals surface area contributed by atoms with Crippen LogP contribution in [-0.4, -0.2) is 24.2 Å². The van der Waals surface area contributed by atoms with Crippen molar-refractivity contribution in [2.75, 3.05) is 13.2 Å². The maximum Gasteiger partial charge on any atom is 0.119 e. The molecule has 0 radical (unpaired) electrons. The third-order valence-electron chi connectivity index (χ3n) is 3.37. The van der Waals surface area contributed by atoms with E-state index in [0.29, 0.717) is 12.6 Å². The Balaban J connectivity index is 1.77. The van der Waals surface area contributed by atoms with Crippen molar-refractivity contribution in [3.63, 3.8) is 0 Å². The van der Waals surface area contributed by atoms with E-state index in [1.54, 1.807) is 0 Å². The number of ether oxygens (including phenoxy) is 1. The summed E-state index contributed by atoms with van der Waals surface area (Å²) in [7, 11) is 0. The van der Waals surface area contributed by atoms with Gasteiger partial charge in [0.25, 0.3) is 0 Å². The minimum Gasteiger partial charge on any atom is -0.493 e. The predicted molar refractivity (Wildman–Crippen MR) is 86.7 cm³/mol. The molecule has 0 amide bonds. The Kier molecular flexibility index (Phi) is 6.22. The van der Waals surface area contributed by atoms with E-state index in [2.05, 4.69) is 36.3 Å². The van der Waals surface area contributed by atoms with Crippen molar-refractivity contribution in [2.24, 2.45) is 0 Å². The van der Waals surface area contributed by atoms with Gasteiger partial charge in [0.2, 0.25) is 0 Å². The van der Waals surface area contributed by atoms with E-state index in [0.717, 1.165) is 30.8 Å². The van der Waals surface area contributed by atoms with Gasteiger partial charge < -0.3 is 10.1 Å². The van der Waals surface area contributed by atoms with Gasteiger partial charge in [0, 0.05) is 24.4 Å². The summed E-state index contributed by atoms with van der Waals surface area (Å²) < 4.78 is 5.76. The molecule has 0 saturated heterocycles. The highest BCUT2D eigenvalue weighted by molar-refractivity contribution is 5.27. The zero-order chi connectivity index (χ0) is 14.9. The summed E-state index contributed by atoms with van der Waals surface area (Å²) in [6.07, 6.45) is 3.69. The first-order chi connectivity index (χ1) is 10.3. The van der Waals surface area contributed by atoms with Crippen molar-refractivity contribution < 1.29 is 4.74 Å². The first kappa shape index (κ1) is 15.5. The monoisotopic (exact) mass is 284 g/mol. The molecule has 1 aromatic carbocycles. The number of rotatable bonds is 8. The summed E-state index contributed by atoms with van der Waals surface area (Å²) in [5.41, 5.74) is 2.40. The maximum atomic E-state index is 5.76. The minimum absolute atomic E-state index is 0.505. The molecule has 0 aliphatic heterocycles. The van der Waals surface area contributed by atoms with E-state index in [9.17, 15) is 0 Å². The SMILES string of the molecule is CCNC(C)Cc1ccc(OCCc2ccccn2)cc1. The number of hydrogen-bond donors (Lipinski definition) is 1. The summed E-state index contributed by atoms with van der Waals surface area (Å²) in [5, 5.41) is 3.42. The zero-order valence-corrected chi connectivity index (χ0v) is 12.9. The Morgan fingerprint density at radius 3 is 2.62 bits per heavy atom. The van der Waals surface area contributed by atoms with E-state index < -0.39 is 0 Å². The molecule has 2 rings (SSSR count). The van der Waals surface area contributed by atoms with Crippen LogP contribution in [0.15, 0.2) is 48.7 Å². The molecule has 1 N–H and O–H groups in total. The second-order valence-corrected chi connectivity index (χ2v) is 5.23. The number of pyridine rings is 1. The Morgan fingerprint density at radius 2 is 1.95 bits per heavy atom. The third-order valence-corrected chi connectivity index (χ3v) is 3.37. The van der Waals surface area contributed by atoms with Crippen LogP contribution in [0.25, 0.3) is 0 Å². The Bertz CT molecular complexity index is 511. The van der Waals surface area contributed by atoms with Crippen LogP contribution < -0.4 is 10.1 Å². The van der Waals surface area contributed by atoms with Gasteiger partial charge in [-0.2, -0.15) is 0 Å². The van der Waals surface area contributed by atoms with Gasteiger partial charge in [-0.3, -0.25) is 4.98 Å². The highest BCUT2D eigenvalue weighted by atomic mass is 16.5. The molecule has 1 unspecified atom stereocenters. The lowest BCUT2D eigenvalue weighted by molar-refractivity contribution is 0.320.